The van der Waals surface area contributed by atoms with Gasteiger partial charge in [-0.1, -0.05) is 60.7 Å². The number of ether oxygens (including phenoxy) is 3. The second kappa shape index (κ2) is 12.3. The van der Waals surface area contributed by atoms with Crippen molar-refractivity contribution >= 4 is 18.1 Å². The number of aliphatic hydroxyl groups is 1. The van der Waals surface area contributed by atoms with Crippen molar-refractivity contribution < 1.29 is 24.1 Å². The summed E-state index contributed by atoms with van der Waals surface area (Å²) < 4.78 is 16.7. The Morgan fingerprint density at radius 1 is 0.974 bits per heavy atom. The first kappa shape index (κ1) is 27.4. The number of aliphatic hydroxyl groups excluding tert-OH is 1. The predicted octanol–water partition coefficient (Wildman–Crippen LogP) is 5.74. The van der Waals surface area contributed by atoms with Crippen LogP contribution in [0.4, 0.5) is 0 Å². The molecule has 0 saturated carbocycles. The molecule has 4 rings (SSSR count). The molecule has 1 heterocycles. The Bertz CT molecular complexity index is 1260. The minimum Gasteiger partial charge on any atom is -0.496 e. The molecule has 3 aromatic rings. The number of hydrogen-bond acceptors (Lipinski definition) is 6. The van der Waals surface area contributed by atoms with Gasteiger partial charge in [-0.3, -0.25) is 4.90 Å². The number of likely N-dealkylation sites (tertiary alicyclic amines) is 1. The number of esters is 1. The zero-order valence-corrected chi connectivity index (χ0v) is 22.7. The molecule has 0 amide bonds. The van der Waals surface area contributed by atoms with E-state index >= 15 is 0 Å². The van der Waals surface area contributed by atoms with Gasteiger partial charge in [0, 0.05) is 6.54 Å². The third-order valence-electron chi connectivity index (χ3n) is 7.60. The van der Waals surface area contributed by atoms with Crippen LogP contribution in [0, 0.1) is 6.92 Å². The normalized spacial score (nSPS) is 17.9. The SMILES string of the molecule is COC(=O)[C@@]1(CO)CCCCN1Cc1c(OC)cc(/C=C/c2cccc(-c3ccccc3)c2C)cc1OC. The lowest BCUT2D eigenvalue weighted by molar-refractivity contribution is -0.162. The van der Waals surface area contributed by atoms with E-state index in [1.165, 1.54) is 23.8 Å². The molecule has 1 saturated heterocycles. The molecule has 0 spiro atoms. The molecule has 0 bridgehead atoms. The van der Waals surface area contributed by atoms with Crippen LogP contribution in [0.2, 0.25) is 0 Å². The summed E-state index contributed by atoms with van der Waals surface area (Å²) in [7, 11) is 4.64. The summed E-state index contributed by atoms with van der Waals surface area (Å²) in [6, 6.07) is 20.7. The summed E-state index contributed by atoms with van der Waals surface area (Å²) in [6.07, 6.45) is 6.50. The van der Waals surface area contributed by atoms with Gasteiger partial charge in [-0.05, 0) is 72.7 Å². The van der Waals surface area contributed by atoms with Gasteiger partial charge in [0.05, 0.1) is 33.5 Å². The molecule has 6 nitrogen and oxygen atoms in total. The molecule has 200 valence electrons. The van der Waals surface area contributed by atoms with Crippen LogP contribution in [0.5, 0.6) is 11.5 Å². The van der Waals surface area contributed by atoms with Gasteiger partial charge in [-0.2, -0.15) is 0 Å². The van der Waals surface area contributed by atoms with Gasteiger partial charge in [0.25, 0.3) is 0 Å². The zero-order chi connectivity index (χ0) is 27.1. The minimum atomic E-state index is -1.07. The fourth-order valence-electron chi connectivity index (χ4n) is 5.39. The van der Waals surface area contributed by atoms with Gasteiger partial charge in [0.1, 0.15) is 17.0 Å². The highest BCUT2D eigenvalue weighted by Gasteiger charge is 2.46. The highest BCUT2D eigenvalue weighted by atomic mass is 16.5. The second-order valence-corrected chi connectivity index (χ2v) is 9.68. The fraction of sp³-hybridized carbons (Fsp3) is 0.344. The minimum absolute atomic E-state index is 0.299. The lowest BCUT2D eigenvalue weighted by Crippen LogP contribution is -2.59. The van der Waals surface area contributed by atoms with E-state index in [1.807, 2.05) is 23.1 Å². The second-order valence-electron chi connectivity index (χ2n) is 9.68. The van der Waals surface area contributed by atoms with Crippen LogP contribution < -0.4 is 9.47 Å². The molecule has 0 aliphatic carbocycles. The Balaban J connectivity index is 1.66. The van der Waals surface area contributed by atoms with E-state index in [9.17, 15) is 9.90 Å². The Morgan fingerprint density at radius 2 is 1.68 bits per heavy atom. The molecule has 0 unspecified atom stereocenters. The van der Waals surface area contributed by atoms with E-state index < -0.39 is 11.5 Å². The van der Waals surface area contributed by atoms with Crippen LogP contribution in [-0.4, -0.2) is 56.0 Å². The number of piperidine rings is 1. The largest absolute Gasteiger partial charge is 0.496 e. The molecule has 0 aromatic heterocycles. The summed E-state index contributed by atoms with van der Waals surface area (Å²) in [5, 5.41) is 10.3. The Labute approximate surface area is 225 Å². The van der Waals surface area contributed by atoms with Crippen LogP contribution in [-0.2, 0) is 16.1 Å². The van der Waals surface area contributed by atoms with Crippen molar-refractivity contribution in [2.75, 3.05) is 34.5 Å². The molecule has 38 heavy (non-hydrogen) atoms. The van der Waals surface area contributed by atoms with Crippen molar-refractivity contribution in [1.29, 1.82) is 0 Å². The van der Waals surface area contributed by atoms with Crippen molar-refractivity contribution in [3.8, 4) is 22.6 Å². The number of carbonyl (C=O) groups excluding carboxylic acids is 1. The van der Waals surface area contributed by atoms with Crippen LogP contribution in [0.25, 0.3) is 23.3 Å². The van der Waals surface area contributed by atoms with Crippen LogP contribution in [0.15, 0.2) is 60.7 Å². The standard InChI is InChI=1S/C32H37NO5/c1-23-25(13-10-14-27(23)26-11-6-5-7-12-26)16-15-24-19-29(36-2)28(30(20-24)37-3)21-33-18-9-8-17-32(33,22-34)31(35)38-4/h5-7,10-16,19-20,34H,8-9,17-18,21-22H2,1-4H3/b16-15+/t32-/m0/s1. The maximum absolute atomic E-state index is 12.7. The highest BCUT2D eigenvalue weighted by molar-refractivity contribution is 5.81. The van der Waals surface area contributed by atoms with Crippen LogP contribution >= 0.6 is 0 Å². The number of methoxy groups -OCH3 is 3. The van der Waals surface area contributed by atoms with Gasteiger partial charge in [0.2, 0.25) is 0 Å². The predicted molar refractivity (Wildman–Crippen MR) is 151 cm³/mol. The first-order valence-corrected chi connectivity index (χ1v) is 13.0. The Hall–Kier alpha value is -3.61. The quantitative estimate of drug-likeness (QED) is 0.290. The third-order valence-corrected chi connectivity index (χ3v) is 7.60. The van der Waals surface area contributed by atoms with E-state index in [-0.39, 0.29) is 6.61 Å². The summed E-state index contributed by atoms with van der Waals surface area (Å²) in [5.74, 6) is 0.923. The highest BCUT2D eigenvalue weighted by Crippen LogP contribution is 2.37. The first-order chi connectivity index (χ1) is 18.5. The summed E-state index contributed by atoms with van der Waals surface area (Å²) >= 11 is 0. The monoisotopic (exact) mass is 515 g/mol. The maximum atomic E-state index is 12.7. The number of nitrogens with zero attached hydrogens (tertiary/aromatic N) is 1. The van der Waals surface area contributed by atoms with Gasteiger partial charge in [-0.25, -0.2) is 4.79 Å². The smallest absolute Gasteiger partial charge is 0.328 e. The lowest BCUT2D eigenvalue weighted by Gasteiger charge is -2.44. The van der Waals surface area contributed by atoms with Crippen molar-refractivity contribution in [2.45, 2.75) is 38.3 Å². The van der Waals surface area contributed by atoms with Crippen molar-refractivity contribution in [1.82, 2.24) is 4.90 Å². The summed E-state index contributed by atoms with van der Waals surface area (Å²) in [5.41, 5.74) is 5.44. The van der Waals surface area contributed by atoms with E-state index in [1.54, 1.807) is 14.2 Å². The van der Waals surface area contributed by atoms with Crippen molar-refractivity contribution in [3.63, 3.8) is 0 Å². The Kier molecular flexibility index (Phi) is 8.87. The summed E-state index contributed by atoms with van der Waals surface area (Å²) in [6.45, 7) is 2.90. The molecular formula is C32H37NO5. The topological polar surface area (TPSA) is 68.2 Å². The Morgan fingerprint density at radius 3 is 2.32 bits per heavy atom. The molecule has 1 atom stereocenters. The average Bonchev–Trinajstić information content (AvgIpc) is 2.97. The molecule has 0 radical (unpaired) electrons. The average molecular weight is 516 g/mol. The zero-order valence-electron chi connectivity index (χ0n) is 22.7. The molecule has 1 N–H and O–H groups in total. The number of benzene rings is 3. The van der Waals surface area contributed by atoms with Gasteiger partial charge >= 0.3 is 5.97 Å². The van der Waals surface area contributed by atoms with Gasteiger partial charge < -0.3 is 19.3 Å². The van der Waals surface area contributed by atoms with Crippen LogP contribution in [0.1, 0.15) is 41.5 Å². The molecule has 1 fully saturated rings. The van der Waals surface area contributed by atoms with Crippen LogP contribution in [0.3, 0.4) is 0 Å². The van der Waals surface area contributed by atoms with Gasteiger partial charge in [-0.15, -0.1) is 0 Å². The number of rotatable bonds is 9. The maximum Gasteiger partial charge on any atom is 0.328 e. The van der Waals surface area contributed by atoms with E-state index in [0.717, 1.165) is 29.5 Å². The molecule has 3 aromatic carbocycles. The molecule has 6 heteroatoms. The van der Waals surface area contributed by atoms with E-state index in [2.05, 4.69) is 61.5 Å². The molecular weight excluding hydrogens is 478 g/mol. The third kappa shape index (κ3) is 5.47. The van der Waals surface area contributed by atoms with Gasteiger partial charge in [0.15, 0.2) is 0 Å². The van der Waals surface area contributed by atoms with E-state index in [0.29, 0.717) is 31.0 Å². The van der Waals surface area contributed by atoms with E-state index in [4.69, 9.17) is 14.2 Å². The molecule has 1 aliphatic rings. The fourth-order valence-corrected chi connectivity index (χ4v) is 5.39. The van der Waals surface area contributed by atoms with Crippen molar-refractivity contribution in [2.24, 2.45) is 0 Å². The molecule has 1 aliphatic heterocycles. The first-order valence-electron chi connectivity index (χ1n) is 13.0. The summed E-state index contributed by atoms with van der Waals surface area (Å²) in [4.78, 5) is 14.7. The lowest BCUT2D eigenvalue weighted by atomic mass is 9.86. The number of hydrogen-bond donors (Lipinski definition) is 1. The number of carbonyl (C=O) groups is 1. The van der Waals surface area contributed by atoms with Crippen molar-refractivity contribution in [3.05, 3.63) is 82.9 Å².